The number of aliphatic hydroxyl groups excluding tert-OH is 11. The quantitative estimate of drug-likeness (QED) is 0.0199. The fraction of sp³-hybridized carbons (Fsp3) is 0.944. The summed E-state index contributed by atoms with van der Waals surface area (Å²) in [6.45, 7) is 1.80. The molecule has 644 valence electrons. The predicted molar refractivity (Wildman–Crippen MR) is 439 cm³/mol. The largest absolute Gasteiger partial charge is 0.394 e. The zero-order valence-electron chi connectivity index (χ0n) is 69.6. The van der Waals surface area contributed by atoms with E-state index in [2.05, 4.69) is 31.3 Å². The van der Waals surface area contributed by atoms with Gasteiger partial charge in [-0.1, -0.05) is 398 Å². The first kappa shape index (κ1) is 101. The molecule has 3 saturated heterocycles. The first-order chi connectivity index (χ1) is 53.3. The summed E-state index contributed by atoms with van der Waals surface area (Å²) in [7, 11) is 0. The van der Waals surface area contributed by atoms with Gasteiger partial charge in [0.25, 0.3) is 0 Å². The second-order valence-corrected chi connectivity index (χ2v) is 33.1. The number of amides is 1. The van der Waals surface area contributed by atoms with Crippen LogP contribution in [0, 0.1) is 0 Å². The minimum atomic E-state index is -1.98. The highest BCUT2D eigenvalue weighted by Gasteiger charge is 2.54. The predicted octanol–water partition coefficient (Wildman–Crippen LogP) is 17.6. The molecule has 1 amide bonds. The lowest BCUT2D eigenvalue weighted by Gasteiger charge is -2.48. The van der Waals surface area contributed by atoms with Gasteiger partial charge in [-0.05, 0) is 32.1 Å². The van der Waals surface area contributed by atoms with Gasteiger partial charge in [-0.15, -0.1) is 0 Å². The molecule has 0 aromatic heterocycles. The first-order valence-corrected chi connectivity index (χ1v) is 46.1. The van der Waals surface area contributed by atoms with Crippen molar-refractivity contribution in [2.45, 2.75) is 516 Å². The average molecular weight is 1560 g/mol. The zero-order valence-corrected chi connectivity index (χ0v) is 69.6. The number of rotatable bonds is 76. The van der Waals surface area contributed by atoms with E-state index < -0.39 is 124 Å². The molecule has 19 heteroatoms. The van der Waals surface area contributed by atoms with Gasteiger partial charge >= 0.3 is 0 Å². The van der Waals surface area contributed by atoms with Crippen LogP contribution >= 0.6 is 0 Å². The number of hydrogen-bond donors (Lipinski definition) is 12. The molecule has 0 aliphatic carbocycles. The number of unbranched alkanes of at least 4 members (excludes halogenated alkanes) is 58. The molecule has 3 aliphatic heterocycles. The van der Waals surface area contributed by atoms with E-state index in [4.69, 9.17) is 28.4 Å². The molecule has 12 N–H and O–H groups in total. The lowest BCUT2D eigenvalue weighted by molar-refractivity contribution is -0.379. The van der Waals surface area contributed by atoms with Crippen molar-refractivity contribution in [3.05, 3.63) is 24.3 Å². The van der Waals surface area contributed by atoms with Crippen LogP contribution in [0.15, 0.2) is 24.3 Å². The van der Waals surface area contributed by atoms with Crippen molar-refractivity contribution in [1.29, 1.82) is 0 Å². The number of hydrogen-bond acceptors (Lipinski definition) is 18. The number of nitrogens with one attached hydrogen (secondary N) is 1. The van der Waals surface area contributed by atoms with E-state index in [1.165, 1.54) is 340 Å². The Hall–Kier alpha value is -1.73. The summed E-state index contributed by atoms with van der Waals surface area (Å²) in [4.78, 5) is 13.5. The van der Waals surface area contributed by atoms with Crippen molar-refractivity contribution < 1.29 is 89.4 Å². The van der Waals surface area contributed by atoms with Crippen LogP contribution in [0.1, 0.15) is 412 Å². The minimum absolute atomic E-state index is 0.241. The molecule has 3 rings (SSSR count). The number of aliphatic hydroxyl groups is 11. The highest BCUT2D eigenvalue weighted by molar-refractivity contribution is 5.76. The molecular formula is C90H171NO18. The van der Waals surface area contributed by atoms with Gasteiger partial charge in [0.15, 0.2) is 18.9 Å². The highest BCUT2D eigenvalue weighted by atomic mass is 16.8. The van der Waals surface area contributed by atoms with Crippen LogP contribution in [-0.2, 0) is 33.2 Å². The molecule has 3 aliphatic rings. The molecule has 0 spiro atoms. The van der Waals surface area contributed by atoms with Gasteiger partial charge in [0, 0.05) is 6.42 Å². The Bertz CT molecular complexity index is 2060. The molecule has 0 saturated carbocycles. The SMILES string of the molecule is CCCCCCCCCCCCCCCCCCCCCCCCCCCCC/C=C/CC/C=C/C(O)C(COC1OC(CO)C(OC2OC(CO)C(OC3OC(CO)C(O)C(O)C3O)C(O)C2O)C(O)C1O)NC(=O)CCCCCCCCCCCCCCCCCCCCCCCCCCCCCCCCC. The number of carbonyl (C=O) groups is 1. The Balaban J connectivity index is 1.33. The standard InChI is InChI=1S/C90H171NO18/c1-3-5-7-9-11-13-15-17-19-21-23-25-27-29-31-33-35-36-38-39-41-43-45-47-49-51-53-55-57-59-61-63-65-67-74(95)73(91-78(96)68-66-64-62-60-58-56-54-52-50-48-46-44-42-40-37-34-32-30-28-26-24-22-20-18-16-14-12-10-8-6-4-2)72-104-88-84(102)81(99)86(76(70-93)106-88)109-90-85(103)82(100)87(77(71-94)107-90)108-89-83(101)80(98)79(97)75(69-92)105-89/h57,59,65,67,73-77,79-90,92-95,97-103H,3-56,58,60-64,66,68-72H2,1-2H3,(H,91,96)/b59-57+,67-65+. The fourth-order valence-electron chi connectivity index (χ4n) is 15.9. The maximum absolute atomic E-state index is 13.5. The summed E-state index contributed by atoms with van der Waals surface area (Å²) < 4.78 is 34.5. The molecule has 17 atom stereocenters. The van der Waals surface area contributed by atoms with Gasteiger partial charge in [-0.2, -0.15) is 0 Å². The van der Waals surface area contributed by atoms with E-state index in [0.717, 1.165) is 38.5 Å². The third-order valence-electron chi connectivity index (χ3n) is 23.3. The Morgan fingerprint density at radius 1 is 0.321 bits per heavy atom. The Morgan fingerprint density at radius 2 is 0.587 bits per heavy atom. The normalized spacial score (nSPS) is 25.3. The van der Waals surface area contributed by atoms with E-state index in [1.807, 2.05) is 6.08 Å². The minimum Gasteiger partial charge on any atom is -0.394 e. The zero-order chi connectivity index (χ0) is 78.8. The van der Waals surface area contributed by atoms with Crippen LogP contribution < -0.4 is 5.32 Å². The maximum Gasteiger partial charge on any atom is 0.220 e. The van der Waals surface area contributed by atoms with Crippen LogP contribution in [0.25, 0.3) is 0 Å². The topological polar surface area (TPSA) is 307 Å². The van der Waals surface area contributed by atoms with E-state index in [1.54, 1.807) is 6.08 Å². The van der Waals surface area contributed by atoms with E-state index in [0.29, 0.717) is 12.8 Å². The number of ether oxygens (including phenoxy) is 6. The molecule has 0 aromatic rings. The average Bonchev–Trinajstić information content (AvgIpc) is 0.825. The summed E-state index contributed by atoms with van der Waals surface area (Å²) >= 11 is 0. The van der Waals surface area contributed by atoms with Crippen LogP contribution in [0.2, 0.25) is 0 Å². The summed E-state index contributed by atoms with van der Waals surface area (Å²) in [5, 5.41) is 121. The van der Waals surface area contributed by atoms with Crippen molar-refractivity contribution in [2.24, 2.45) is 0 Å². The van der Waals surface area contributed by atoms with Crippen LogP contribution in [0.3, 0.4) is 0 Å². The first-order valence-electron chi connectivity index (χ1n) is 46.1. The highest BCUT2D eigenvalue weighted by Crippen LogP contribution is 2.34. The molecule has 0 bridgehead atoms. The second-order valence-electron chi connectivity index (χ2n) is 33.1. The van der Waals surface area contributed by atoms with Gasteiger partial charge in [-0.3, -0.25) is 4.79 Å². The maximum atomic E-state index is 13.5. The van der Waals surface area contributed by atoms with Gasteiger partial charge in [0.05, 0.1) is 38.6 Å². The lowest BCUT2D eigenvalue weighted by atomic mass is 9.96. The Labute approximate surface area is 664 Å². The summed E-state index contributed by atoms with van der Waals surface area (Å²) in [6.07, 6.45) is 62.1. The Kier molecular flexibility index (Phi) is 65.6. The fourth-order valence-corrected chi connectivity index (χ4v) is 15.9. The Morgan fingerprint density at radius 3 is 0.917 bits per heavy atom. The molecule has 0 radical (unpaired) electrons. The van der Waals surface area contributed by atoms with Crippen LogP contribution in [-0.4, -0.2) is 193 Å². The number of allylic oxidation sites excluding steroid dienone is 3. The molecule has 19 nitrogen and oxygen atoms in total. The van der Waals surface area contributed by atoms with Gasteiger partial charge in [0.1, 0.15) is 73.2 Å². The molecule has 3 heterocycles. The van der Waals surface area contributed by atoms with Crippen LogP contribution in [0.4, 0.5) is 0 Å². The van der Waals surface area contributed by atoms with E-state index in [9.17, 15) is 61.0 Å². The number of carbonyl (C=O) groups excluding carboxylic acids is 1. The third kappa shape index (κ3) is 49.2. The smallest absolute Gasteiger partial charge is 0.220 e. The molecule has 17 unspecified atom stereocenters. The summed E-state index contributed by atoms with van der Waals surface area (Å²) in [5.74, 6) is -0.275. The molecular weight excluding hydrogens is 1380 g/mol. The molecule has 3 fully saturated rings. The van der Waals surface area contributed by atoms with Gasteiger partial charge < -0.3 is 89.9 Å². The summed E-state index contributed by atoms with van der Waals surface area (Å²) in [6, 6.07) is -0.989. The third-order valence-corrected chi connectivity index (χ3v) is 23.3. The molecule has 109 heavy (non-hydrogen) atoms. The lowest BCUT2D eigenvalue weighted by Crippen LogP contribution is -2.66. The second kappa shape index (κ2) is 70.5. The van der Waals surface area contributed by atoms with Crippen molar-refractivity contribution in [3.63, 3.8) is 0 Å². The van der Waals surface area contributed by atoms with Crippen molar-refractivity contribution >= 4 is 5.91 Å². The van der Waals surface area contributed by atoms with E-state index >= 15 is 0 Å². The van der Waals surface area contributed by atoms with E-state index in [-0.39, 0.29) is 18.9 Å². The van der Waals surface area contributed by atoms with Crippen molar-refractivity contribution in [1.82, 2.24) is 5.32 Å². The van der Waals surface area contributed by atoms with Gasteiger partial charge in [0.2, 0.25) is 5.91 Å². The van der Waals surface area contributed by atoms with Crippen molar-refractivity contribution in [2.75, 3.05) is 26.4 Å². The van der Waals surface area contributed by atoms with Gasteiger partial charge in [-0.25, -0.2) is 0 Å². The monoisotopic (exact) mass is 1550 g/mol. The van der Waals surface area contributed by atoms with Crippen LogP contribution in [0.5, 0.6) is 0 Å². The summed E-state index contributed by atoms with van der Waals surface area (Å²) in [5.41, 5.74) is 0. The van der Waals surface area contributed by atoms with Crippen molar-refractivity contribution in [3.8, 4) is 0 Å². The molecule has 0 aromatic carbocycles.